The lowest BCUT2D eigenvalue weighted by Gasteiger charge is -2.09. The van der Waals surface area contributed by atoms with E-state index in [0.29, 0.717) is 19.3 Å². The van der Waals surface area contributed by atoms with Gasteiger partial charge in [0.1, 0.15) is 22.9 Å². The number of ketones is 1. The minimum atomic E-state index is 0.187. The molecule has 0 unspecified atom stereocenters. The van der Waals surface area contributed by atoms with Crippen LogP contribution in [-0.2, 0) is 17.6 Å². The fourth-order valence-corrected chi connectivity index (χ4v) is 4.84. The normalized spacial score (nSPS) is 11.2. The molecule has 4 aromatic heterocycles. The van der Waals surface area contributed by atoms with E-state index in [4.69, 9.17) is 14.4 Å². The Kier molecular flexibility index (Phi) is 5.26. The van der Waals surface area contributed by atoms with Crippen LogP contribution in [0.5, 0.6) is 0 Å². The van der Waals surface area contributed by atoms with E-state index in [2.05, 4.69) is 17.5 Å². The fourth-order valence-electron chi connectivity index (χ4n) is 3.41. The quantitative estimate of drug-likeness (QED) is 0.299. The number of carbonyl (C=O) groups is 1. The molecule has 0 spiro atoms. The smallest absolute Gasteiger partial charge is 0.137 e. The highest BCUT2D eigenvalue weighted by Gasteiger charge is 2.15. The van der Waals surface area contributed by atoms with E-state index in [1.165, 1.54) is 0 Å². The highest BCUT2D eigenvalue weighted by molar-refractivity contribution is 7.14. The van der Waals surface area contributed by atoms with E-state index in [1.807, 2.05) is 47.8 Å². The van der Waals surface area contributed by atoms with Gasteiger partial charge >= 0.3 is 0 Å². The first-order valence-electron chi connectivity index (χ1n) is 9.69. The first-order chi connectivity index (χ1) is 14.8. The van der Waals surface area contributed by atoms with Crippen LogP contribution in [-0.4, -0.2) is 15.8 Å². The Balaban J connectivity index is 1.45. The van der Waals surface area contributed by atoms with Crippen molar-refractivity contribution in [3.8, 4) is 21.1 Å². The van der Waals surface area contributed by atoms with Gasteiger partial charge < -0.3 is 4.42 Å². The topological polar surface area (TPSA) is 56.0 Å². The molecular formula is C24H18N2O2S2. The molecule has 5 aromatic rings. The van der Waals surface area contributed by atoms with E-state index >= 15 is 0 Å². The van der Waals surface area contributed by atoms with Crippen molar-refractivity contribution >= 4 is 39.5 Å². The average Bonchev–Trinajstić information content (AvgIpc) is 3.54. The number of hydrogen-bond donors (Lipinski definition) is 0. The number of hydrogen-bond acceptors (Lipinski definition) is 6. The first-order valence-corrected chi connectivity index (χ1v) is 11.4. The number of nitrogens with zero attached hydrogens (tertiary/aromatic N) is 2. The zero-order valence-electron chi connectivity index (χ0n) is 16.1. The Labute approximate surface area is 181 Å². The number of thiophene rings is 2. The number of Topliss-reactive ketones (excluding diaryl/α,β-unsaturated/α-hetero) is 1. The zero-order valence-corrected chi connectivity index (χ0v) is 17.7. The van der Waals surface area contributed by atoms with Crippen molar-refractivity contribution in [2.45, 2.75) is 19.3 Å². The minimum Gasteiger partial charge on any atom is -0.469 e. The van der Waals surface area contributed by atoms with Crippen LogP contribution in [0.25, 0.3) is 32.2 Å². The third-order valence-electron chi connectivity index (χ3n) is 4.87. The Bertz CT molecular complexity index is 1270. The maximum Gasteiger partial charge on any atom is 0.137 e. The van der Waals surface area contributed by atoms with Crippen LogP contribution in [0, 0.1) is 0 Å². The van der Waals surface area contributed by atoms with E-state index in [-0.39, 0.29) is 5.78 Å². The highest BCUT2D eigenvalue weighted by atomic mass is 32.1. The summed E-state index contributed by atoms with van der Waals surface area (Å²) in [4.78, 5) is 24.5. The lowest BCUT2D eigenvalue weighted by atomic mass is 10.0. The second-order valence-electron chi connectivity index (χ2n) is 6.99. The second-order valence-corrected chi connectivity index (χ2v) is 8.89. The van der Waals surface area contributed by atoms with Gasteiger partial charge in [0.05, 0.1) is 27.1 Å². The summed E-state index contributed by atoms with van der Waals surface area (Å²) in [6, 6.07) is 17.9. The third kappa shape index (κ3) is 3.97. The Morgan fingerprint density at radius 2 is 1.60 bits per heavy atom. The maximum atomic E-state index is 12.4. The number of benzene rings is 1. The molecule has 0 N–H and O–H groups in total. The summed E-state index contributed by atoms with van der Waals surface area (Å²) in [5.41, 5.74) is 4.41. The van der Waals surface area contributed by atoms with E-state index in [9.17, 15) is 4.79 Å². The lowest BCUT2D eigenvalue weighted by molar-refractivity contribution is -0.118. The molecule has 0 atom stereocenters. The van der Waals surface area contributed by atoms with Gasteiger partial charge in [-0.15, -0.1) is 22.7 Å². The van der Waals surface area contributed by atoms with Gasteiger partial charge in [0, 0.05) is 19.3 Å². The molecular weight excluding hydrogens is 412 g/mol. The van der Waals surface area contributed by atoms with Gasteiger partial charge in [-0.1, -0.05) is 18.2 Å². The molecule has 0 fully saturated rings. The second kappa shape index (κ2) is 8.34. The average molecular weight is 431 g/mol. The van der Waals surface area contributed by atoms with Gasteiger partial charge in [0.15, 0.2) is 0 Å². The van der Waals surface area contributed by atoms with E-state index in [1.54, 1.807) is 28.9 Å². The molecule has 0 aliphatic carbocycles. The molecule has 5 rings (SSSR count). The summed E-state index contributed by atoms with van der Waals surface area (Å²) >= 11 is 3.32. The summed E-state index contributed by atoms with van der Waals surface area (Å²) in [6.45, 7) is 0. The maximum absolute atomic E-state index is 12.4. The van der Waals surface area contributed by atoms with Gasteiger partial charge in [-0.3, -0.25) is 4.79 Å². The summed E-state index contributed by atoms with van der Waals surface area (Å²) in [5, 5.41) is 4.10. The number of rotatable bonds is 7. The molecule has 0 aliphatic rings. The van der Waals surface area contributed by atoms with Gasteiger partial charge in [-0.2, -0.15) is 0 Å². The van der Waals surface area contributed by atoms with Gasteiger partial charge in [-0.05, 0) is 52.7 Å². The Morgan fingerprint density at radius 1 is 0.867 bits per heavy atom. The molecule has 0 bridgehead atoms. The number of furan rings is 1. The predicted molar refractivity (Wildman–Crippen MR) is 122 cm³/mol. The van der Waals surface area contributed by atoms with Crippen LogP contribution in [0.4, 0.5) is 0 Å². The summed E-state index contributed by atoms with van der Waals surface area (Å²) in [6.07, 6.45) is 3.12. The first kappa shape index (κ1) is 18.9. The Hall–Kier alpha value is -3.09. The lowest BCUT2D eigenvalue weighted by Crippen LogP contribution is -2.04. The summed E-state index contributed by atoms with van der Waals surface area (Å²) < 4.78 is 5.31. The monoisotopic (exact) mass is 430 g/mol. The van der Waals surface area contributed by atoms with Gasteiger partial charge in [-0.25, -0.2) is 9.97 Å². The standard InChI is InChI=1S/C24H18N2O2S2/c27-17(8-9-18-4-1-11-28-18)14-16-7-10-19-20(15-16)26-24(22-6-3-13-30-22)23(25-19)21-5-2-12-29-21/h1-7,10-13,15H,8-9,14H2. The van der Waals surface area contributed by atoms with Crippen molar-refractivity contribution in [2.75, 3.05) is 0 Å². The molecule has 0 aliphatic heterocycles. The minimum absolute atomic E-state index is 0.187. The summed E-state index contributed by atoms with van der Waals surface area (Å²) in [5.74, 6) is 1.03. The van der Waals surface area contributed by atoms with Crippen molar-refractivity contribution in [3.63, 3.8) is 0 Å². The zero-order chi connectivity index (χ0) is 20.3. The van der Waals surface area contributed by atoms with Gasteiger partial charge in [0.2, 0.25) is 0 Å². The van der Waals surface area contributed by atoms with Crippen molar-refractivity contribution in [2.24, 2.45) is 0 Å². The van der Waals surface area contributed by atoms with E-state index < -0.39 is 0 Å². The van der Waals surface area contributed by atoms with Crippen LogP contribution < -0.4 is 0 Å². The molecule has 0 amide bonds. The molecule has 148 valence electrons. The fraction of sp³-hybridized carbons (Fsp3) is 0.125. The van der Waals surface area contributed by atoms with Crippen molar-refractivity contribution < 1.29 is 9.21 Å². The SMILES string of the molecule is O=C(CCc1ccco1)Cc1ccc2nc(-c3cccs3)c(-c3cccs3)nc2c1. The number of fused-ring (bicyclic) bond motifs is 1. The molecule has 30 heavy (non-hydrogen) atoms. The number of aromatic nitrogens is 2. The number of carbonyl (C=O) groups excluding carboxylic acids is 1. The van der Waals surface area contributed by atoms with Crippen molar-refractivity contribution in [1.82, 2.24) is 9.97 Å². The summed E-state index contributed by atoms with van der Waals surface area (Å²) in [7, 11) is 0. The Morgan fingerprint density at radius 3 is 2.23 bits per heavy atom. The predicted octanol–water partition coefficient (Wildman–Crippen LogP) is 6.42. The van der Waals surface area contributed by atoms with E-state index in [0.717, 1.165) is 43.5 Å². The largest absolute Gasteiger partial charge is 0.469 e. The molecule has 4 heterocycles. The molecule has 6 heteroatoms. The molecule has 0 radical (unpaired) electrons. The van der Waals surface area contributed by atoms with Crippen LogP contribution in [0.3, 0.4) is 0 Å². The van der Waals surface area contributed by atoms with Crippen LogP contribution in [0.2, 0.25) is 0 Å². The highest BCUT2D eigenvalue weighted by Crippen LogP contribution is 2.35. The van der Waals surface area contributed by atoms with Crippen LogP contribution >= 0.6 is 22.7 Å². The van der Waals surface area contributed by atoms with Crippen LogP contribution in [0.1, 0.15) is 17.7 Å². The molecule has 4 nitrogen and oxygen atoms in total. The molecule has 0 saturated heterocycles. The number of aryl methyl sites for hydroxylation is 1. The third-order valence-corrected chi connectivity index (χ3v) is 6.62. The van der Waals surface area contributed by atoms with Crippen molar-refractivity contribution in [3.05, 3.63) is 82.9 Å². The van der Waals surface area contributed by atoms with Crippen LogP contribution in [0.15, 0.2) is 76.0 Å². The molecule has 1 aromatic carbocycles. The van der Waals surface area contributed by atoms with Gasteiger partial charge in [0.25, 0.3) is 0 Å². The molecule has 0 saturated carbocycles. The van der Waals surface area contributed by atoms with Crippen molar-refractivity contribution in [1.29, 1.82) is 0 Å².